The van der Waals surface area contributed by atoms with Crippen molar-refractivity contribution in [3.63, 3.8) is 0 Å². The van der Waals surface area contributed by atoms with Crippen molar-refractivity contribution >= 4 is 10.9 Å². The quantitative estimate of drug-likeness (QED) is 0.495. The number of rotatable bonds is 6. The lowest BCUT2D eigenvalue weighted by Gasteiger charge is -2.16. The smallest absolute Gasteiger partial charge is 0.261 e. The third kappa shape index (κ3) is 3.72. The van der Waals surface area contributed by atoms with Gasteiger partial charge in [-0.1, -0.05) is 42.5 Å². The SMILES string of the molecule is COc1ccc(-c2nc3ccccc3c(=O)n2CCc2ccccc2)c(OC)c1. The van der Waals surface area contributed by atoms with E-state index in [-0.39, 0.29) is 5.56 Å². The lowest BCUT2D eigenvalue weighted by atomic mass is 10.1. The fraction of sp³-hybridized carbons (Fsp3) is 0.167. The highest BCUT2D eigenvalue weighted by Crippen LogP contribution is 2.32. The number of aromatic nitrogens is 2. The number of nitrogens with zero attached hydrogens (tertiary/aromatic N) is 2. The van der Waals surface area contributed by atoms with Gasteiger partial charge in [-0.15, -0.1) is 0 Å². The maximum atomic E-state index is 13.3. The van der Waals surface area contributed by atoms with E-state index in [2.05, 4.69) is 12.1 Å². The van der Waals surface area contributed by atoms with Crippen LogP contribution in [0.1, 0.15) is 5.56 Å². The molecule has 1 heterocycles. The predicted molar refractivity (Wildman–Crippen MR) is 115 cm³/mol. The first-order valence-corrected chi connectivity index (χ1v) is 9.47. The maximum Gasteiger partial charge on any atom is 0.261 e. The highest BCUT2D eigenvalue weighted by atomic mass is 16.5. The summed E-state index contributed by atoms with van der Waals surface area (Å²) in [5.74, 6) is 1.88. The molecule has 0 atom stereocenters. The second-order valence-corrected chi connectivity index (χ2v) is 6.71. The second-order valence-electron chi connectivity index (χ2n) is 6.71. The molecule has 0 fully saturated rings. The van der Waals surface area contributed by atoms with Gasteiger partial charge in [-0.25, -0.2) is 4.98 Å². The molecule has 0 amide bonds. The Labute approximate surface area is 169 Å². The van der Waals surface area contributed by atoms with E-state index in [0.717, 1.165) is 12.0 Å². The Morgan fingerprint density at radius 3 is 2.41 bits per heavy atom. The molecule has 0 saturated carbocycles. The molecule has 0 aliphatic heterocycles. The van der Waals surface area contributed by atoms with Crippen molar-refractivity contribution in [1.29, 1.82) is 0 Å². The van der Waals surface area contributed by atoms with Gasteiger partial charge in [-0.3, -0.25) is 9.36 Å². The summed E-state index contributed by atoms with van der Waals surface area (Å²) in [6, 6.07) is 23.1. The van der Waals surface area contributed by atoms with Crippen LogP contribution in [0.15, 0.2) is 77.6 Å². The lowest BCUT2D eigenvalue weighted by Crippen LogP contribution is -2.24. The van der Waals surface area contributed by atoms with E-state index >= 15 is 0 Å². The summed E-state index contributed by atoms with van der Waals surface area (Å²) in [5.41, 5.74) is 2.53. The molecule has 0 radical (unpaired) electrons. The Bertz CT molecular complexity index is 1200. The van der Waals surface area contributed by atoms with Crippen molar-refractivity contribution < 1.29 is 9.47 Å². The predicted octanol–water partition coefficient (Wildman–Crippen LogP) is 4.32. The molecule has 3 aromatic carbocycles. The highest BCUT2D eigenvalue weighted by Gasteiger charge is 2.17. The van der Waals surface area contributed by atoms with Gasteiger partial charge in [0, 0.05) is 12.6 Å². The average Bonchev–Trinajstić information content (AvgIpc) is 2.78. The van der Waals surface area contributed by atoms with E-state index in [1.807, 2.05) is 54.6 Å². The highest BCUT2D eigenvalue weighted by molar-refractivity contribution is 5.80. The first-order valence-electron chi connectivity index (χ1n) is 9.47. The summed E-state index contributed by atoms with van der Waals surface area (Å²) >= 11 is 0. The van der Waals surface area contributed by atoms with Crippen molar-refractivity contribution in [2.75, 3.05) is 14.2 Å². The molecule has 0 unspecified atom stereocenters. The van der Waals surface area contributed by atoms with Crippen LogP contribution < -0.4 is 15.0 Å². The monoisotopic (exact) mass is 386 g/mol. The van der Waals surface area contributed by atoms with Crippen molar-refractivity contribution in [2.45, 2.75) is 13.0 Å². The normalized spacial score (nSPS) is 10.8. The van der Waals surface area contributed by atoms with Gasteiger partial charge in [0.1, 0.15) is 17.3 Å². The molecular weight excluding hydrogens is 364 g/mol. The van der Waals surface area contributed by atoms with Crippen molar-refractivity contribution in [2.24, 2.45) is 0 Å². The summed E-state index contributed by atoms with van der Waals surface area (Å²) < 4.78 is 12.6. The van der Waals surface area contributed by atoms with Crippen LogP contribution in [0.2, 0.25) is 0 Å². The molecule has 0 aliphatic rings. The average molecular weight is 386 g/mol. The molecular formula is C24H22N2O3. The molecule has 4 aromatic rings. The molecule has 0 aliphatic carbocycles. The van der Waals surface area contributed by atoms with Crippen LogP contribution in [0.4, 0.5) is 0 Å². The minimum absolute atomic E-state index is 0.0561. The van der Waals surface area contributed by atoms with Crippen LogP contribution in [0.3, 0.4) is 0 Å². The Balaban J connectivity index is 1.89. The van der Waals surface area contributed by atoms with Crippen molar-refractivity contribution in [3.8, 4) is 22.9 Å². The van der Waals surface area contributed by atoms with Gasteiger partial charge in [0.05, 0.1) is 30.7 Å². The number of hydrogen-bond donors (Lipinski definition) is 0. The third-order valence-corrected chi connectivity index (χ3v) is 4.98. The van der Waals surface area contributed by atoms with E-state index in [1.165, 1.54) is 5.56 Å². The Hall–Kier alpha value is -3.60. The third-order valence-electron chi connectivity index (χ3n) is 4.98. The summed E-state index contributed by atoms with van der Waals surface area (Å²) in [6.07, 6.45) is 0.728. The molecule has 0 bridgehead atoms. The van der Waals surface area contributed by atoms with Gasteiger partial charge >= 0.3 is 0 Å². The second kappa shape index (κ2) is 8.19. The molecule has 5 nitrogen and oxygen atoms in total. The van der Waals surface area contributed by atoms with Gasteiger partial charge < -0.3 is 9.47 Å². The molecule has 0 spiro atoms. The fourth-order valence-electron chi connectivity index (χ4n) is 3.45. The topological polar surface area (TPSA) is 53.3 Å². The molecule has 0 N–H and O–H groups in total. The molecule has 4 rings (SSSR count). The first-order chi connectivity index (χ1) is 14.2. The van der Waals surface area contributed by atoms with Gasteiger partial charge in [0.2, 0.25) is 0 Å². The zero-order valence-electron chi connectivity index (χ0n) is 16.5. The zero-order valence-corrected chi connectivity index (χ0v) is 16.5. The summed E-state index contributed by atoms with van der Waals surface area (Å²) in [6.45, 7) is 0.519. The van der Waals surface area contributed by atoms with Gasteiger partial charge in [-0.05, 0) is 36.2 Å². The van der Waals surface area contributed by atoms with Crippen LogP contribution >= 0.6 is 0 Å². The largest absolute Gasteiger partial charge is 0.497 e. The van der Waals surface area contributed by atoms with E-state index < -0.39 is 0 Å². The standard InChI is InChI=1S/C24H22N2O3/c1-28-18-12-13-20(22(16-18)29-2)23-25-21-11-7-6-10-19(21)24(27)26(23)15-14-17-8-4-3-5-9-17/h3-13,16H,14-15H2,1-2H3. The van der Waals surface area contributed by atoms with Gasteiger partial charge in [-0.2, -0.15) is 0 Å². The number of hydrogen-bond acceptors (Lipinski definition) is 4. The first kappa shape index (κ1) is 18.7. The summed E-state index contributed by atoms with van der Waals surface area (Å²) in [5, 5.41) is 0.608. The zero-order chi connectivity index (χ0) is 20.2. The molecule has 0 saturated heterocycles. The van der Waals surface area contributed by atoms with Crippen molar-refractivity contribution in [1.82, 2.24) is 9.55 Å². The van der Waals surface area contributed by atoms with Crippen LogP contribution in [-0.4, -0.2) is 23.8 Å². The molecule has 5 heteroatoms. The number of para-hydroxylation sites is 1. The van der Waals surface area contributed by atoms with Crippen LogP contribution in [-0.2, 0) is 13.0 Å². The van der Waals surface area contributed by atoms with Crippen LogP contribution in [0.25, 0.3) is 22.3 Å². The van der Waals surface area contributed by atoms with E-state index in [9.17, 15) is 4.79 Å². The van der Waals surface area contributed by atoms with E-state index in [4.69, 9.17) is 14.5 Å². The molecule has 29 heavy (non-hydrogen) atoms. The van der Waals surface area contributed by atoms with Crippen LogP contribution in [0, 0.1) is 0 Å². The van der Waals surface area contributed by atoms with E-state index in [0.29, 0.717) is 34.8 Å². The maximum absolute atomic E-state index is 13.3. The number of methoxy groups -OCH3 is 2. The summed E-state index contributed by atoms with van der Waals surface area (Å²) in [4.78, 5) is 18.1. The van der Waals surface area contributed by atoms with Gasteiger partial charge in [0.15, 0.2) is 0 Å². The Kier molecular flexibility index (Phi) is 5.29. The van der Waals surface area contributed by atoms with Gasteiger partial charge in [0.25, 0.3) is 5.56 Å². The lowest BCUT2D eigenvalue weighted by molar-refractivity contribution is 0.395. The number of benzene rings is 3. The van der Waals surface area contributed by atoms with E-state index in [1.54, 1.807) is 24.9 Å². The minimum Gasteiger partial charge on any atom is -0.497 e. The molecule has 146 valence electrons. The van der Waals surface area contributed by atoms with Crippen molar-refractivity contribution in [3.05, 3.63) is 88.7 Å². The van der Waals surface area contributed by atoms with Crippen LogP contribution in [0.5, 0.6) is 11.5 Å². The summed E-state index contributed by atoms with van der Waals surface area (Å²) in [7, 11) is 3.21. The Morgan fingerprint density at radius 2 is 1.66 bits per heavy atom. The number of aryl methyl sites for hydroxylation is 1. The number of fused-ring (bicyclic) bond motifs is 1. The Morgan fingerprint density at radius 1 is 0.897 bits per heavy atom. The number of ether oxygens (including phenoxy) is 2. The molecule has 1 aromatic heterocycles. The fourth-order valence-corrected chi connectivity index (χ4v) is 3.45. The minimum atomic E-state index is -0.0561.